The summed E-state index contributed by atoms with van der Waals surface area (Å²) < 4.78 is 15.6. The van der Waals surface area contributed by atoms with Gasteiger partial charge in [0.25, 0.3) is 0 Å². The minimum absolute atomic E-state index is 0.181. The molecule has 1 unspecified atom stereocenters. The molecule has 16 rings (SSSR count). The second-order valence-electron chi connectivity index (χ2n) is 19.7. The van der Waals surface area contributed by atoms with Crippen molar-refractivity contribution >= 4 is 92.3 Å². The van der Waals surface area contributed by atoms with Crippen LogP contribution in [0.3, 0.4) is 0 Å². The van der Waals surface area contributed by atoms with Gasteiger partial charge >= 0.3 is 0 Å². The van der Waals surface area contributed by atoms with Crippen LogP contribution in [0, 0.1) is 0 Å². The van der Waals surface area contributed by atoms with E-state index in [1.807, 2.05) is 53.8 Å². The van der Waals surface area contributed by atoms with Gasteiger partial charge in [0.2, 0.25) is 0 Å². The van der Waals surface area contributed by atoms with Gasteiger partial charge in [-0.2, -0.15) is 0 Å². The summed E-state index contributed by atoms with van der Waals surface area (Å²) >= 11 is 1.82. The number of hydrogen-bond acceptors (Lipinski definition) is 7. The van der Waals surface area contributed by atoms with Gasteiger partial charge in [-0.1, -0.05) is 176 Å². The van der Waals surface area contributed by atoms with Crippen molar-refractivity contribution in [1.82, 2.24) is 15.0 Å². The first kappa shape index (κ1) is 42.8. The highest BCUT2D eigenvalue weighted by molar-refractivity contribution is 7.25. The molecule has 76 heavy (non-hydrogen) atoms. The molecular weight excluding hydrogens is 949 g/mol. The predicted octanol–water partition coefficient (Wildman–Crippen LogP) is 19.0. The van der Waals surface area contributed by atoms with Crippen molar-refractivity contribution in [3.63, 3.8) is 0 Å². The van der Waals surface area contributed by atoms with Gasteiger partial charge in [-0.05, 0) is 100 Å². The minimum Gasteiger partial charge on any atom is -0.456 e. The van der Waals surface area contributed by atoms with E-state index in [4.69, 9.17) is 23.8 Å². The second kappa shape index (κ2) is 16.9. The Balaban J connectivity index is 0.791. The molecule has 10 aromatic carbocycles. The van der Waals surface area contributed by atoms with Gasteiger partial charge < -0.3 is 13.7 Å². The lowest BCUT2D eigenvalue weighted by atomic mass is 9.84. The van der Waals surface area contributed by atoms with E-state index in [2.05, 4.69) is 199 Å². The van der Waals surface area contributed by atoms with Crippen molar-refractivity contribution in [2.24, 2.45) is 0 Å². The summed E-state index contributed by atoms with van der Waals surface area (Å²) in [5, 5.41) is 6.75. The van der Waals surface area contributed by atoms with E-state index in [-0.39, 0.29) is 5.92 Å². The Morgan fingerprint density at radius 1 is 0.408 bits per heavy atom. The van der Waals surface area contributed by atoms with Crippen LogP contribution in [-0.4, -0.2) is 15.0 Å². The first-order valence-corrected chi connectivity index (χ1v) is 26.6. The molecule has 356 valence electrons. The molecule has 0 spiro atoms. The van der Waals surface area contributed by atoms with E-state index in [0.29, 0.717) is 17.5 Å². The monoisotopic (exact) mass is 990 g/mol. The SMILES string of the molecule is C1=C(c2ccc3oc4cccc(-c5nc(-c6ccccc6)nc(-c6ccccc6-c6cccc7sc8ccccc8c67)n5)c4c3c2)CC2C(=C1)N(c1ccc(-c3cccc4c3oc3ccccc34)cc1)c1ccccc12. The van der Waals surface area contributed by atoms with Gasteiger partial charge in [-0.3, -0.25) is 0 Å². The minimum atomic E-state index is 0.181. The van der Waals surface area contributed by atoms with E-state index in [0.717, 1.165) is 100 Å². The number of nitrogens with zero attached hydrogens (tertiary/aromatic N) is 4. The second-order valence-corrected chi connectivity index (χ2v) is 20.8. The summed E-state index contributed by atoms with van der Waals surface area (Å²) in [6.45, 7) is 0. The Morgan fingerprint density at radius 3 is 1.96 bits per heavy atom. The van der Waals surface area contributed by atoms with Crippen molar-refractivity contribution in [2.75, 3.05) is 4.90 Å². The lowest BCUT2D eigenvalue weighted by Gasteiger charge is -2.26. The molecule has 0 bridgehead atoms. The summed E-state index contributed by atoms with van der Waals surface area (Å²) in [5.74, 6) is 1.99. The van der Waals surface area contributed by atoms with Crippen LogP contribution in [0.25, 0.3) is 126 Å². The Bertz CT molecular complexity index is 4750. The highest BCUT2D eigenvalue weighted by Gasteiger charge is 2.36. The highest BCUT2D eigenvalue weighted by atomic mass is 32.1. The van der Waals surface area contributed by atoms with Crippen molar-refractivity contribution < 1.29 is 8.83 Å². The number of benzene rings is 10. The highest BCUT2D eigenvalue weighted by Crippen LogP contribution is 2.53. The molecular formula is C69H42N4O2S. The van der Waals surface area contributed by atoms with Gasteiger partial charge in [0, 0.05) is 87.0 Å². The number of anilines is 2. The fraction of sp³-hybridized carbons (Fsp3) is 0.0290. The molecule has 1 atom stereocenters. The number of fused-ring (bicyclic) bond motifs is 12. The van der Waals surface area contributed by atoms with Crippen LogP contribution in [0.1, 0.15) is 23.5 Å². The molecule has 2 aliphatic rings. The average Bonchev–Trinajstić information content (AvgIpc) is 4.29. The van der Waals surface area contributed by atoms with Crippen molar-refractivity contribution in [3.05, 3.63) is 253 Å². The van der Waals surface area contributed by atoms with Crippen molar-refractivity contribution in [2.45, 2.75) is 12.3 Å². The molecule has 6 nitrogen and oxygen atoms in total. The molecule has 4 aromatic heterocycles. The van der Waals surface area contributed by atoms with Crippen molar-refractivity contribution in [3.8, 4) is 56.4 Å². The fourth-order valence-electron chi connectivity index (χ4n) is 12.0. The topological polar surface area (TPSA) is 68.2 Å². The maximum atomic E-state index is 6.67. The summed E-state index contributed by atoms with van der Waals surface area (Å²) in [5.41, 5.74) is 18.0. The number of aromatic nitrogens is 3. The average molecular weight is 991 g/mol. The molecule has 0 saturated carbocycles. The first-order valence-electron chi connectivity index (χ1n) is 25.7. The third-order valence-corrected chi connectivity index (χ3v) is 16.7. The molecule has 0 fully saturated rings. The Morgan fingerprint density at radius 2 is 1.05 bits per heavy atom. The van der Waals surface area contributed by atoms with Crippen LogP contribution in [0.5, 0.6) is 0 Å². The maximum Gasteiger partial charge on any atom is 0.164 e. The maximum absolute atomic E-state index is 6.67. The molecule has 0 N–H and O–H groups in total. The van der Waals surface area contributed by atoms with E-state index in [9.17, 15) is 0 Å². The Kier molecular flexibility index (Phi) is 9.53. The fourth-order valence-corrected chi connectivity index (χ4v) is 13.2. The summed E-state index contributed by atoms with van der Waals surface area (Å²) in [6.07, 6.45) is 5.49. The number of allylic oxidation sites excluding steroid dienone is 4. The van der Waals surface area contributed by atoms with E-state index >= 15 is 0 Å². The van der Waals surface area contributed by atoms with E-state index in [1.54, 1.807) is 0 Å². The van der Waals surface area contributed by atoms with Gasteiger partial charge in [0.15, 0.2) is 17.5 Å². The van der Waals surface area contributed by atoms with Crippen LogP contribution in [0.2, 0.25) is 0 Å². The molecule has 0 saturated heterocycles. The smallest absolute Gasteiger partial charge is 0.164 e. The van der Waals surface area contributed by atoms with Crippen LogP contribution in [0.4, 0.5) is 11.4 Å². The summed E-state index contributed by atoms with van der Waals surface area (Å²) in [6, 6.07) is 79.3. The molecule has 0 amide bonds. The third-order valence-electron chi connectivity index (χ3n) is 15.5. The quantitative estimate of drug-likeness (QED) is 0.158. The normalized spacial score (nSPS) is 14.3. The Labute approximate surface area is 440 Å². The molecule has 1 aliphatic heterocycles. The van der Waals surface area contributed by atoms with E-state index < -0.39 is 0 Å². The predicted molar refractivity (Wildman–Crippen MR) is 313 cm³/mol. The number of hydrogen-bond donors (Lipinski definition) is 0. The molecule has 14 aromatic rings. The van der Waals surface area contributed by atoms with Gasteiger partial charge in [-0.25, -0.2) is 15.0 Å². The Hall–Kier alpha value is -9.69. The number of rotatable bonds is 7. The standard InChI is InChI=1S/C69H42N4O2S/c1-2-15-42(16-3-1)67-70-68(52-20-5-4-17-47(52)50-23-14-30-63-65(50)53-21-8-11-29-62(53)76-63)72-69(71-67)54-25-13-28-61-64(54)56-40-44(34-38-60(56)74-61)43-33-37-58-55(39-43)48-18-6-9-26-57(48)73(58)45-35-31-41(32-36-45)46-22-12-24-51-49-19-7-10-27-59(49)75-66(46)51/h1-38,40,55H,39H2. The molecule has 7 heteroatoms. The van der Waals surface area contributed by atoms with Crippen LogP contribution >= 0.6 is 11.3 Å². The zero-order valence-corrected chi connectivity index (χ0v) is 41.6. The van der Waals surface area contributed by atoms with Gasteiger partial charge in [0.1, 0.15) is 22.3 Å². The number of furan rings is 2. The van der Waals surface area contributed by atoms with Crippen LogP contribution in [-0.2, 0) is 0 Å². The van der Waals surface area contributed by atoms with Crippen LogP contribution in [0.15, 0.2) is 251 Å². The summed E-state index contributed by atoms with van der Waals surface area (Å²) in [7, 11) is 0. The van der Waals surface area contributed by atoms with Gasteiger partial charge in [-0.15, -0.1) is 11.3 Å². The number of para-hydroxylation sites is 3. The van der Waals surface area contributed by atoms with E-state index in [1.165, 1.54) is 42.7 Å². The number of thiophene rings is 1. The third kappa shape index (κ3) is 6.69. The lowest BCUT2D eigenvalue weighted by Crippen LogP contribution is -2.15. The summed E-state index contributed by atoms with van der Waals surface area (Å²) in [4.78, 5) is 18.4. The molecule has 1 aliphatic carbocycles. The lowest BCUT2D eigenvalue weighted by molar-refractivity contribution is 0.669. The first-order chi connectivity index (χ1) is 37.7. The largest absolute Gasteiger partial charge is 0.456 e. The van der Waals surface area contributed by atoms with Gasteiger partial charge in [0.05, 0.1) is 0 Å². The van der Waals surface area contributed by atoms with Crippen LogP contribution < -0.4 is 4.90 Å². The zero-order chi connectivity index (χ0) is 49.8. The zero-order valence-electron chi connectivity index (χ0n) is 40.8. The molecule has 5 heterocycles. The van der Waals surface area contributed by atoms with Crippen molar-refractivity contribution in [1.29, 1.82) is 0 Å². The molecule has 0 radical (unpaired) electrons.